The van der Waals surface area contributed by atoms with E-state index < -0.39 is 5.97 Å². The highest BCUT2D eigenvalue weighted by molar-refractivity contribution is 8.17. The third-order valence-corrected chi connectivity index (χ3v) is 3.49. The van der Waals surface area contributed by atoms with Crippen LogP contribution in [0.3, 0.4) is 0 Å². The fourth-order valence-electron chi connectivity index (χ4n) is 1.44. The maximum Gasteiger partial charge on any atom is 0.342 e. The first-order chi connectivity index (χ1) is 9.02. The maximum absolute atomic E-state index is 11.6. The zero-order chi connectivity index (χ0) is 14.3. The molecule has 19 heavy (non-hydrogen) atoms. The lowest BCUT2D eigenvalue weighted by Crippen LogP contribution is -2.01. The molecule has 0 aliphatic carbocycles. The topological polar surface area (TPSA) is 54.4 Å². The maximum atomic E-state index is 11.6. The molecule has 0 spiro atoms. The molecule has 1 aromatic rings. The number of thioether (sulfide) groups is 1. The Labute approximate surface area is 117 Å². The van der Waals surface area contributed by atoms with Gasteiger partial charge in [-0.2, -0.15) is 0 Å². The molecule has 1 aromatic carbocycles. The average molecular weight is 278 g/mol. The van der Waals surface area contributed by atoms with E-state index in [1.54, 1.807) is 0 Å². The number of aliphatic carboxylic acids is 1. The van der Waals surface area contributed by atoms with Crippen molar-refractivity contribution in [1.82, 2.24) is 0 Å². The Morgan fingerprint density at radius 3 is 2.42 bits per heavy atom. The number of hydrogen-bond acceptors (Lipinski definition) is 3. The van der Waals surface area contributed by atoms with Crippen molar-refractivity contribution in [3.8, 4) is 0 Å². The van der Waals surface area contributed by atoms with Gasteiger partial charge in [0.15, 0.2) is 5.12 Å². The lowest BCUT2D eigenvalue weighted by Gasteiger charge is -2.02. The largest absolute Gasteiger partial charge is 0.477 e. The second kappa shape index (κ2) is 7.79. The lowest BCUT2D eigenvalue weighted by molar-refractivity contribution is -0.131. The molecule has 102 valence electrons. The van der Waals surface area contributed by atoms with Crippen molar-refractivity contribution in [2.24, 2.45) is 0 Å². The minimum absolute atomic E-state index is 0.0740. The molecule has 1 N–H and O–H groups in total. The number of aryl methyl sites for hydroxylation is 1. The van der Waals surface area contributed by atoms with E-state index in [0.29, 0.717) is 6.42 Å². The Balaban J connectivity index is 2.79. The van der Waals surface area contributed by atoms with E-state index >= 15 is 0 Å². The third-order valence-electron chi connectivity index (χ3n) is 2.54. The molecular weight excluding hydrogens is 260 g/mol. The normalized spacial score (nSPS) is 11.4. The average Bonchev–Trinajstić information content (AvgIpc) is 2.38. The molecule has 1 rings (SSSR count). The molecule has 0 amide bonds. The summed E-state index contributed by atoms with van der Waals surface area (Å²) in [6.07, 6.45) is 3.68. The van der Waals surface area contributed by atoms with Gasteiger partial charge in [0.1, 0.15) is 4.91 Å². The fourth-order valence-corrected chi connectivity index (χ4v) is 2.22. The number of carbonyl (C=O) groups is 2. The molecule has 0 heterocycles. The van der Waals surface area contributed by atoms with Gasteiger partial charge in [0.05, 0.1) is 0 Å². The molecule has 0 fully saturated rings. The van der Waals surface area contributed by atoms with Crippen molar-refractivity contribution in [3.63, 3.8) is 0 Å². The van der Waals surface area contributed by atoms with Gasteiger partial charge in [0.2, 0.25) is 0 Å². The van der Waals surface area contributed by atoms with Crippen LogP contribution >= 0.6 is 11.8 Å². The molecule has 4 heteroatoms. The smallest absolute Gasteiger partial charge is 0.342 e. The highest BCUT2D eigenvalue weighted by atomic mass is 32.2. The van der Waals surface area contributed by atoms with Crippen LogP contribution < -0.4 is 0 Å². The minimum atomic E-state index is -1.06. The van der Waals surface area contributed by atoms with E-state index in [1.165, 1.54) is 6.08 Å². The van der Waals surface area contributed by atoms with Gasteiger partial charge in [0, 0.05) is 6.42 Å². The zero-order valence-corrected chi connectivity index (χ0v) is 12.0. The van der Waals surface area contributed by atoms with Crippen LogP contribution in [0.2, 0.25) is 0 Å². The highest BCUT2D eigenvalue weighted by Crippen LogP contribution is 2.22. The predicted octanol–water partition coefficient (Wildman–Crippen LogP) is 3.87. The first-order valence-electron chi connectivity index (χ1n) is 6.25. The minimum Gasteiger partial charge on any atom is -0.477 e. The number of carbonyl (C=O) groups excluding carboxylic acids is 1. The van der Waals surface area contributed by atoms with Crippen LogP contribution in [-0.4, -0.2) is 16.2 Å². The van der Waals surface area contributed by atoms with Crippen molar-refractivity contribution >= 4 is 28.9 Å². The van der Waals surface area contributed by atoms with E-state index in [1.807, 2.05) is 38.1 Å². The van der Waals surface area contributed by atoms with Crippen molar-refractivity contribution in [2.75, 3.05) is 0 Å². The van der Waals surface area contributed by atoms with Gasteiger partial charge in [-0.1, -0.05) is 43.2 Å². The highest BCUT2D eigenvalue weighted by Gasteiger charge is 2.13. The number of hydrogen-bond donors (Lipinski definition) is 1. The van der Waals surface area contributed by atoms with Crippen LogP contribution in [-0.2, 0) is 9.59 Å². The third kappa shape index (κ3) is 5.75. The Hall–Kier alpha value is -1.55. The number of unbranched alkanes of at least 4 members (excludes halogenated alkanes) is 1. The van der Waals surface area contributed by atoms with E-state index in [9.17, 15) is 9.59 Å². The Bertz CT molecular complexity index is 475. The first kappa shape index (κ1) is 15.5. The Morgan fingerprint density at radius 1 is 1.26 bits per heavy atom. The Kier molecular flexibility index (Phi) is 6.36. The van der Waals surface area contributed by atoms with Gasteiger partial charge in [-0.3, -0.25) is 4.79 Å². The van der Waals surface area contributed by atoms with Crippen molar-refractivity contribution in [2.45, 2.75) is 33.1 Å². The predicted molar refractivity (Wildman–Crippen MR) is 78.9 cm³/mol. The number of carboxylic acids is 1. The summed E-state index contributed by atoms with van der Waals surface area (Å²) in [4.78, 5) is 22.8. The molecule has 0 unspecified atom stereocenters. The van der Waals surface area contributed by atoms with Crippen molar-refractivity contribution in [1.29, 1.82) is 0 Å². The molecule has 0 aromatic heterocycles. The van der Waals surface area contributed by atoms with Crippen LogP contribution in [0.1, 0.15) is 37.3 Å². The monoisotopic (exact) mass is 278 g/mol. The molecule has 0 radical (unpaired) electrons. The van der Waals surface area contributed by atoms with Gasteiger partial charge >= 0.3 is 5.97 Å². The molecule has 0 saturated heterocycles. The molecule has 0 aliphatic heterocycles. The summed E-state index contributed by atoms with van der Waals surface area (Å²) in [5.41, 5.74) is 1.90. The summed E-state index contributed by atoms with van der Waals surface area (Å²) >= 11 is 0.814. The second-order valence-corrected chi connectivity index (χ2v) is 5.40. The van der Waals surface area contributed by atoms with E-state index in [0.717, 1.165) is 35.7 Å². The van der Waals surface area contributed by atoms with E-state index in [2.05, 4.69) is 0 Å². The van der Waals surface area contributed by atoms with Crippen LogP contribution in [0.15, 0.2) is 29.2 Å². The molecule has 0 atom stereocenters. The van der Waals surface area contributed by atoms with Crippen molar-refractivity contribution < 1.29 is 14.7 Å². The number of carboxylic acid groups (broad SMARTS) is 1. The van der Waals surface area contributed by atoms with Gasteiger partial charge in [-0.05, 0) is 36.7 Å². The molecule has 0 aliphatic rings. The Morgan fingerprint density at radius 2 is 1.89 bits per heavy atom. The van der Waals surface area contributed by atoms with Gasteiger partial charge in [0.25, 0.3) is 0 Å². The number of rotatable bonds is 6. The quantitative estimate of drug-likeness (QED) is 0.802. The van der Waals surface area contributed by atoms with Crippen LogP contribution in [0, 0.1) is 6.92 Å². The summed E-state index contributed by atoms with van der Waals surface area (Å²) < 4.78 is 0. The van der Waals surface area contributed by atoms with Gasteiger partial charge in [-0.25, -0.2) is 4.79 Å². The summed E-state index contributed by atoms with van der Waals surface area (Å²) in [6.45, 7) is 3.97. The lowest BCUT2D eigenvalue weighted by atomic mass is 10.1. The standard InChI is InChI=1S/C15H18O3S/c1-3-4-5-14(16)19-13(15(17)18)10-12-8-6-11(2)7-9-12/h6-10H,3-5H2,1-2H3,(H,17,18)/b13-10-. The molecule has 0 bridgehead atoms. The fraction of sp³-hybridized carbons (Fsp3) is 0.333. The van der Waals surface area contributed by atoms with Crippen LogP contribution in [0.25, 0.3) is 6.08 Å². The second-order valence-electron chi connectivity index (χ2n) is 4.30. The van der Waals surface area contributed by atoms with Crippen LogP contribution in [0.4, 0.5) is 0 Å². The summed E-state index contributed by atoms with van der Waals surface area (Å²) in [7, 11) is 0. The summed E-state index contributed by atoms with van der Waals surface area (Å²) in [5.74, 6) is -1.06. The van der Waals surface area contributed by atoms with E-state index in [-0.39, 0.29) is 10.0 Å². The molecule has 3 nitrogen and oxygen atoms in total. The summed E-state index contributed by atoms with van der Waals surface area (Å²) in [5, 5.41) is 9.03. The first-order valence-corrected chi connectivity index (χ1v) is 7.07. The van der Waals surface area contributed by atoms with Gasteiger partial charge in [-0.15, -0.1) is 0 Å². The SMILES string of the molecule is CCCCC(=O)S/C(=C\c1ccc(C)cc1)C(=O)O. The molecule has 0 saturated carbocycles. The summed E-state index contributed by atoms with van der Waals surface area (Å²) in [6, 6.07) is 7.51. The van der Waals surface area contributed by atoms with Crippen LogP contribution in [0.5, 0.6) is 0 Å². The van der Waals surface area contributed by atoms with Crippen molar-refractivity contribution in [3.05, 3.63) is 40.3 Å². The number of benzene rings is 1. The zero-order valence-electron chi connectivity index (χ0n) is 11.2. The molecular formula is C15H18O3S. The van der Waals surface area contributed by atoms with E-state index in [4.69, 9.17) is 5.11 Å². The van der Waals surface area contributed by atoms with Gasteiger partial charge < -0.3 is 5.11 Å².